The lowest BCUT2D eigenvalue weighted by atomic mass is 10.1. The van der Waals surface area contributed by atoms with Gasteiger partial charge >= 0.3 is 0 Å². The van der Waals surface area contributed by atoms with Gasteiger partial charge in [0.25, 0.3) is 0 Å². The predicted octanol–water partition coefficient (Wildman–Crippen LogP) is 4.26. The quantitative estimate of drug-likeness (QED) is 0.550. The summed E-state index contributed by atoms with van der Waals surface area (Å²) in [6, 6.07) is 10.7. The monoisotopic (exact) mass is 332 g/mol. The third kappa shape index (κ3) is 2.19. The molecule has 4 heterocycles. The summed E-state index contributed by atoms with van der Waals surface area (Å²) in [7, 11) is 0. The molecule has 0 amide bonds. The number of benzene rings is 1. The van der Waals surface area contributed by atoms with E-state index >= 15 is 0 Å². The first kappa shape index (κ1) is 14.4. The van der Waals surface area contributed by atoms with E-state index in [0.717, 1.165) is 59.1 Å². The smallest absolute Gasteiger partial charge is 0.136 e. The fraction of sp³-hybridized carbons (Fsp3) is 0.200. The van der Waals surface area contributed by atoms with E-state index in [1.807, 2.05) is 19.2 Å². The van der Waals surface area contributed by atoms with Gasteiger partial charge in [0.2, 0.25) is 0 Å². The molecule has 3 aromatic heterocycles. The summed E-state index contributed by atoms with van der Waals surface area (Å²) in [5, 5.41) is 0. The van der Waals surface area contributed by atoms with Crippen molar-refractivity contribution in [3.05, 3.63) is 66.1 Å². The molecule has 0 saturated carbocycles. The highest BCUT2D eigenvalue weighted by atomic mass is 19.1. The zero-order valence-electron chi connectivity index (χ0n) is 13.9. The lowest BCUT2D eigenvalue weighted by Gasteiger charge is -2.10. The van der Waals surface area contributed by atoms with E-state index in [4.69, 9.17) is 4.98 Å². The van der Waals surface area contributed by atoms with E-state index < -0.39 is 0 Å². The van der Waals surface area contributed by atoms with Gasteiger partial charge in [-0.1, -0.05) is 0 Å². The van der Waals surface area contributed by atoms with Crippen LogP contribution in [0.5, 0.6) is 0 Å². The lowest BCUT2D eigenvalue weighted by Crippen LogP contribution is -1.98. The maximum Gasteiger partial charge on any atom is 0.136 e. The molecule has 5 rings (SSSR count). The van der Waals surface area contributed by atoms with Crippen molar-refractivity contribution in [3.63, 3.8) is 0 Å². The number of nitrogens with zero attached hydrogens (tertiary/aromatic N) is 4. The Bertz CT molecular complexity index is 1090. The van der Waals surface area contributed by atoms with Gasteiger partial charge in [-0.15, -0.1) is 0 Å². The van der Waals surface area contributed by atoms with Gasteiger partial charge in [0.05, 0.1) is 11.4 Å². The molecule has 0 aliphatic carbocycles. The van der Waals surface area contributed by atoms with Crippen LogP contribution in [0.3, 0.4) is 0 Å². The normalized spacial score (nSPS) is 13.5. The number of hydrogen-bond donors (Lipinski definition) is 0. The van der Waals surface area contributed by atoms with Crippen molar-refractivity contribution in [2.75, 3.05) is 0 Å². The molecule has 0 fully saturated rings. The summed E-state index contributed by atoms with van der Waals surface area (Å²) in [6.45, 7) is 3.02. The summed E-state index contributed by atoms with van der Waals surface area (Å²) in [4.78, 5) is 9.28. The average Bonchev–Trinajstić information content (AvgIpc) is 3.30. The number of aromatic nitrogens is 4. The first-order chi connectivity index (χ1) is 12.2. The Morgan fingerprint density at radius 1 is 1.04 bits per heavy atom. The van der Waals surface area contributed by atoms with Crippen LogP contribution < -0.4 is 0 Å². The Kier molecular flexibility index (Phi) is 3.04. The number of fused-ring (bicyclic) bond motifs is 2. The van der Waals surface area contributed by atoms with Crippen molar-refractivity contribution in [1.29, 1.82) is 0 Å². The molecule has 0 atom stereocenters. The number of aryl methyl sites for hydroxylation is 2. The standard InChI is InChI=1S/C20H17FN4/c1-13-11-22-17-9-6-15(12-25(13)17)20-19(14-4-7-16(21)8-5-14)23-18-3-2-10-24(18)20/h4-9,11-12H,2-3,10H2,1H3. The molecule has 5 heteroatoms. The van der Waals surface area contributed by atoms with Crippen molar-refractivity contribution in [2.45, 2.75) is 26.3 Å². The summed E-state index contributed by atoms with van der Waals surface area (Å²) in [5.74, 6) is 0.879. The topological polar surface area (TPSA) is 35.1 Å². The third-order valence-electron chi connectivity index (χ3n) is 4.91. The van der Waals surface area contributed by atoms with E-state index in [1.54, 1.807) is 12.1 Å². The van der Waals surface area contributed by atoms with Crippen LogP contribution in [-0.2, 0) is 13.0 Å². The predicted molar refractivity (Wildman–Crippen MR) is 94.9 cm³/mol. The lowest BCUT2D eigenvalue weighted by molar-refractivity contribution is 0.628. The van der Waals surface area contributed by atoms with Crippen molar-refractivity contribution in [1.82, 2.24) is 18.9 Å². The zero-order chi connectivity index (χ0) is 17.0. The Balaban J connectivity index is 1.76. The minimum absolute atomic E-state index is 0.229. The molecule has 0 unspecified atom stereocenters. The summed E-state index contributed by atoms with van der Waals surface area (Å²) in [5.41, 5.74) is 6.11. The number of pyridine rings is 1. The van der Waals surface area contributed by atoms with E-state index in [0.29, 0.717) is 0 Å². The molecule has 0 bridgehead atoms. The van der Waals surface area contributed by atoms with Gasteiger partial charge in [-0.2, -0.15) is 0 Å². The minimum Gasteiger partial charge on any atom is -0.327 e. The van der Waals surface area contributed by atoms with Gasteiger partial charge in [-0.25, -0.2) is 14.4 Å². The number of halogens is 1. The van der Waals surface area contributed by atoms with E-state index in [1.165, 1.54) is 12.1 Å². The van der Waals surface area contributed by atoms with Crippen molar-refractivity contribution in [2.24, 2.45) is 0 Å². The first-order valence-corrected chi connectivity index (χ1v) is 8.50. The molecule has 4 nitrogen and oxygen atoms in total. The largest absolute Gasteiger partial charge is 0.327 e. The number of rotatable bonds is 2. The van der Waals surface area contributed by atoms with E-state index in [9.17, 15) is 4.39 Å². The second-order valence-corrected chi connectivity index (χ2v) is 6.53. The number of hydrogen-bond acceptors (Lipinski definition) is 2. The molecule has 0 N–H and O–H groups in total. The van der Waals surface area contributed by atoms with E-state index in [2.05, 4.69) is 26.2 Å². The molecule has 0 spiro atoms. The van der Waals surface area contributed by atoms with Gasteiger partial charge in [0.15, 0.2) is 0 Å². The van der Waals surface area contributed by atoms with Crippen LogP contribution in [0.4, 0.5) is 4.39 Å². The summed E-state index contributed by atoms with van der Waals surface area (Å²) < 4.78 is 17.7. The Morgan fingerprint density at radius 3 is 2.68 bits per heavy atom. The molecule has 124 valence electrons. The van der Waals surface area contributed by atoms with Gasteiger partial charge in [-0.3, -0.25) is 0 Å². The van der Waals surface area contributed by atoms with Gasteiger partial charge in [0, 0.05) is 42.2 Å². The van der Waals surface area contributed by atoms with E-state index in [-0.39, 0.29) is 5.82 Å². The van der Waals surface area contributed by atoms with Crippen LogP contribution in [0.2, 0.25) is 0 Å². The highest BCUT2D eigenvalue weighted by molar-refractivity contribution is 5.79. The molecular formula is C20H17FN4. The SMILES string of the molecule is Cc1cnc2ccc(-c3c(-c4ccc(F)cc4)nc4n3CCC4)cn12. The van der Waals surface area contributed by atoms with Gasteiger partial charge in [0.1, 0.15) is 17.3 Å². The fourth-order valence-electron chi connectivity index (χ4n) is 3.67. The van der Waals surface area contributed by atoms with Gasteiger partial charge in [-0.05, 0) is 49.7 Å². The second kappa shape index (κ2) is 5.28. The highest BCUT2D eigenvalue weighted by Gasteiger charge is 2.23. The van der Waals surface area contributed by atoms with Crippen LogP contribution in [0, 0.1) is 12.7 Å². The molecule has 0 radical (unpaired) electrons. The molecule has 1 aromatic carbocycles. The van der Waals surface area contributed by atoms with Gasteiger partial charge < -0.3 is 8.97 Å². The van der Waals surface area contributed by atoms with Crippen LogP contribution in [0.1, 0.15) is 17.9 Å². The molecule has 4 aromatic rings. The highest BCUT2D eigenvalue weighted by Crippen LogP contribution is 2.35. The van der Waals surface area contributed by atoms with Crippen LogP contribution in [0.25, 0.3) is 28.2 Å². The van der Waals surface area contributed by atoms with Crippen LogP contribution in [0.15, 0.2) is 48.8 Å². The molecule has 0 saturated heterocycles. The fourth-order valence-corrected chi connectivity index (χ4v) is 3.67. The maximum absolute atomic E-state index is 13.3. The van der Waals surface area contributed by atoms with Crippen LogP contribution in [-0.4, -0.2) is 18.9 Å². The van der Waals surface area contributed by atoms with Crippen LogP contribution >= 0.6 is 0 Å². The Labute approximate surface area is 144 Å². The Hall–Kier alpha value is -2.95. The van der Waals surface area contributed by atoms with Crippen molar-refractivity contribution < 1.29 is 4.39 Å². The summed E-state index contributed by atoms with van der Waals surface area (Å²) >= 11 is 0. The van der Waals surface area contributed by atoms with Crippen molar-refractivity contribution >= 4 is 5.65 Å². The second-order valence-electron chi connectivity index (χ2n) is 6.53. The van der Waals surface area contributed by atoms with Crippen molar-refractivity contribution in [3.8, 4) is 22.5 Å². The zero-order valence-corrected chi connectivity index (χ0v) is 13.9. The summed E-state index contributed by atoms with van der Waals surface area (Å²) in [6.07, 6.45) is 6.10. The first-order valence-electron chi connectivity index (χ1n) is 8.50. The maximum atomic E-state index is 13.3. The molecule has 1 aliphatic rings. The molecule has 25 heavy (non-hydrogen) atoms. The number of imidazole rings is 2. The molecule has 1 aliphatic heterocycles. The Morgan fingerprint density at radius 2 is 1.84 bits per heavy atom. The third-order valence-corrected chi connectivity index (χ3v) is 4.91. The minimum atomic E-state index is -0.229. The molecular weight excluding hydrogens is 315 g/mol. The average molecular weight is 332 g/mol.